The normalized spacial score (nSPS) is 23.7. The third-order valence-corrected chi connectivity index (χ3v) is 4.55. The molecule has 0 fully saturated rings. The summed E-state index contributed by atoms with van der Waals surface area (Å²) in [5, 5.41) is 0. The zero-order chi connectivity index (χ0) is 15.4. The molecule has 1 aromatic rings. The lowest BCUT2D eigenvalue weighted by Crippen LogP contribution is -2.53. The van der Waals surface area contributed by atoms with E-state index in [1.165, 1.54) is 4.90 Å². The number of aryl methyl sites for hydroxylation is 1. The largest absolute Gasteiger partial charge is 0.275 e. The Kier molecular flexibility index (Phi) is 2.97. The second kappa shape index (κ2) is 4.48. The van der Waals surface area contributed by atoms with Crippen molar-refractivity contribution in [2.45, 2.75) is 46.1 Å². The van der Waals surface area contributed by atoms with Gasteiger partial charge in [0.2, 0.25) is 0 Å². The molecule has 5 heteroatoms. The van der Waals surface area contributed by atoms with E-state index >= 15 is 0 Å². The van der Waals surface area contributed by atoms with Gasteiger partial charge in [-0.3, -0.25) is 14.5 Å². The van der Waals surface area contributed by atoms with Crippen LogP contribution in [0.1, 0.15) is 55.9 Å². The van der Waals surface area contributed by atoms with Gasteiger partial charge in [-0.15, -0.1) is 0 Å². The maximum atomic E-state index is 12.7. The molecule has 0 N–H and O–H groups in total. The molecule has 1 atom stereocenters. The Morgan fingerprint density at radius 2 is 2.00 bits per heavy atom. The monoisotopic (exact) mass is 285 g/mol. The third kappa shape index (κ3) is 1.69. The molecule has 2 amide bonds. The topological polar surface area (TPSA) is 62.6 Å². The minimum absolute atomic E-state index is 0.0142. The SMILES string of the molecule is CCCc1ccc2c(n1)C1=NC(=O)C(C)(C(C)C)N1C2=O. The highest BCUT2D eigenvalue weighted by atomic mass is 16.2. The predicted octanol–water partition coefficient (Wildman–Crippen LogP) is 2.19. The van der Waals surface area contributed by atoms with Gasteiger partial charge in [0, 0.05) is 5.69 Å². The highest BCUT2D eigenvalue weighted by molar-refractivity contribution is 6.29. The van der Waals surface area contributed by atoms with E-state index in [1.54, 1.807) is 6.92 Å². The van der Waals surface area contributed by atoms with E-state index in [0.29, 0.717) is 17.1 Å². The number of hydrogen-bond acceptors (Lipinski definition) is 3. The first kappa shape index (κ1) is 13.9. The van der Waals surface area contributed by atoms with Crippen LogP contribution in [0.2, 0.25) is 0 Å². The highest BCUT2D eigenvalue weighted by Crippen LogP contribution is 2.39. The van der Waals surface area contributed by atoms with E-state index in [2.05, 4.69) is 16.9 Å². The second-order valence-corrected chi connectivity index (χ2v) is 6.13. The highest BCUT2D eigenvalue weighted by Gasteiger charge is 2.56. The van der Waals surface area contributed by atoms with E-state index in [0.717, 1.165) is 18.5 Å². The van der Waals surface area contributed by atoms with Crippen molar-refractivity contribution in [1.29, 1.82) is 0 Å². The Bertz CT molecular complexity index is 678. The number of aromatic nitrogens is 1. The quantitative estimate of drug-likeness (QED) is 0.855. The van der Waals surface area contributed by atoms with Crippen LogP contribution in [0, 0.1) is 5.92 Å². The second-order valence-electron chi connectivity index (χ2n) is 6.13. The number of nitrogens with zero attached hydrogens (tertiary/aromatic N) is 3. The molecule has 0 radical (unpaired) electrons. The zero-order valence-electron chi connectivity index (χ0n) is 12.8. The summed E-state index contributed by atoms with van der Waals surface area (Å²) in [6.07, 6.45) is 1.84. The molecule has 0 aromatic carbocycles. The first-order chi connectivity index (χ1) is 9.91. The van der Waals surface area contributed by atoms with Crippen LogP contribution in [0.15, 0.2) is 17.1 Å². The van der Waals surface area contributed by atoms with Gasteiger partial charge >= 0.3 is 0 Å². The molecule has 1 aromatic heterocycles. The molecule has 2 aliphatic heterocycles. The van der Waals surface area contributed by atoms with Crippen molar-refractivity contribution in [3.05, 3.63) is 29.1 Å². The summed E-state index contributed by atoms with van der Waals surface area (Å²) in [5.41, 5.74) is 1.13. The molecular formula is C16H19N3O2. The maximum Gasteiger partial charge on any atom is 0.274 e. The molecule has 5 nitrogen and oxygen atoms in total. The summed E-state index contributed by atoms with van der Waals surface area (Å²) in [4.78, 5) is 35.2. The summed E-state index contributed by atoms with van der Waals surface area (Å²) in [6, 6.07) is 3.69. The van der Waals surface area contributed by atoms with Crippen molar-refractivity contribution in [3.8, 4) is 0 Å². The van der Waals surface area contributed by atoms with Gasteiger partial charge in [-0.1, -0.05) is 27.2 Å². The molecule has 110 valence electrons. The zero-order valence-corrected chi connectivity index (χ0v) is 12.8. The summed E-state index contributed by atoms with van der Waals surface area (Å²) in [7, 11) is 0. The van der Waals surface area contributed by atoms with Crippen molar-refractivity contribution in [3.63, 3.8) is 0 Å². The number of carbonyl (C=O) groups is 2. The van der Waals surface area contributed by atoms with Gasteiger partial charge < -0.3 is 0 Å². The Morgan fingerprint density at radius 1 is 1.29 bits per heavy atom. The summed E-state index contributed by atoms with van der Waals surface area (Å²) in [6.45, 7) is 7.73. The van der Waals surface area contributed by atoms with Crippen LogP contribution in [-0.4, -0.2) is 33.1 Å². The predicted molar refractivity (Wildman–Crippen MR) is 79.2 cm³/mol. The molecule has 2 aliphatic rings. The molecule has 0 aliphatic carbocycles. The minimum atomic E-state index is -0.905. The fourth-order valence-corrected chi connectivity index (χ4v) is 2.90. The lowest BCUT2D eigenvalue weighted by atomic mass is 9.87. The van der Waals surface area contributed by atoms with E-state index < -0.39 is 5.54 Å². The van der Waals surface area contributed by atoms with Crippen molar-refractivity contribution in [1.82, 2.24) is 9.88 Å². The van der Waals surface area contributed by atoms with Gasteiger partial charge in [0.15, 0.2) is 5.84 Å². The van der Waals surface area contributed by atoms with Gasteiger partial charge in [-0.2, -0.15) is 4.99 Å². The van der Waals surface area contributed by atoms with Gasteiger partial charge in [-0.05, 0) is 31.4 Å². The van der Waals surface area contributed by atoms with Crippen molar-refractivity contribution >= 4 is 17.6 Å². The first-order valence-corrected chi connectivity index (χ1v) is 7.39. The summed E-state index contributed by atoms with van der Waals surface area (Å²) >= 11 is 0. The Morgan fingerprint density at radius 3 is 2.62 bits per heavy atom. The number of fused-ring (bicyclic) bond motifs is 3. The molecule has 3 rings (SSSR count). The molecule has 0 spiro atoms. The average molecular weight is 285 g/mol. The number of aliphatic imine (C=N–C) groups is 1. The molecule has 0 bridgehead atoms. The molecule has 0 saturated carbocycles. The van der Waals surface area contributed by atoms with Crippen LogP contribution in [0.3, 0.4) is 0 Å². The van der Waals surface area contributed by atoms with E-state index in [1.807, 2.05) is 26.0 Å². The summed E-state index contributed by atoms with van der Waals surface area (Å²) in [5.74, 6) is -0.00989. The van der Waals surface area contributed by atoms with Crippen LogP contribution in [0.25, 0.3) is 0 Å². The van der Waals surface area contributed by atoms with Crippen molar-refractivity contribution in [2.24, 2.45) is 10.9 Å². The number of pyridine rings is 1. The van der Waals surface area contributed by atoms with Crippen molar-refractivity contribution < 1.29 is 9.59 Å². The third-order valence-electron chi connectivity index (χ3n) is 4.55. The number of carbonyl (C=O) groups excluding carboxylic acids is 2. The number of rotatable bonds is 3. The van der Waals surface area contributed by atoms with Crippen molar-refractivity contribution in [2.75, 3.05) is 0 Å². The van der Waals surface area contributed by atoms with Gasteiger partial charge in [0.05, 0.1) is 5.56 Å². The molecule has 1 unspecified atom stereocenters. The Labute approximate surface area is 124 Å². The fourth-order valence-electron chi connectivity index (χ4n) is 2.90. The van der Waals surface area contributed by atoms with Crippen LogP contribution in [-0.2, 0) is 11.2 Å². The van der Waals surface area contributed by atoms with Gasteiger partial charge in [0.25, 0.3) is 11.8 Å². The van der Waals surface area contributed by atoms with Crippen LogP contribution >= 0.6 is 0 Å². The number of amides is 2. The van der Waals surface area contributed by atoms with E-state index in [4.69, 9.17) is 0 Å². The number of amidine groups is 1. The van der Waals surface area contributed by atoms with Crippen LogP contribution < -0.4 is 0 Å². The van der Waals surface area contributed by atoms with Crippen LogP contribution in [0.4, 0.5) is 0 Å². The maximum absolute atomic E-state index is 12.7. The molecular weight excluding hydrogens is 266 g/mol. The minimum Gasteiger partial charge on any atom is -0.275 e. The smallest absolute Gasteiger partial charge is 0.274 e. The van der Waals surface area contributed by atoms with Gasteiger partial charge in [0.1, 0.15) is 11.2 Å². The first-order valence-electron chi connectivity index (χ1n) is 7.39. The fraction of sp³-hybridized carbons (Fsp3) is 0.500. The molecule has 3 heterocycles. The van der Waals surface area contributed by atoms with Crippen LogP contribution in [0.5, 0.6) is 0 Å². The molecule has 21 heavy (non-hydrogen) atoms. The average Bonchev–Trinajstić information content (AvgIpc) is 2.86. The number of hydrogen-bond donors (Lipinski definition) is 0. The summed E-state index contributed by atoms with van der Waals surface area (Å²) < 4.78 is 0. The lowest BCUT2D eigenvalue weighted by Gasteiger charge is -2.34. The van der Waals surface area contributed by atoms with E-state index in [9.17, 15) is 9.59 Å². The van der Waals surface area contributed by atoms with Gasteiger partial charge in [-0.25, -0.2) is 4.98 Å². The Hall–Kier alpha value is -2.04. The molecule has 0 saturated heterocycles. The standard InChI is InChI=1S/C16H19N3O2/c1-5-6-10-7-8-11-12(17-10)13-18-15(21)16(4,9(2)3)19(13)14(11)20/h7-9H,5-6H2,1-4H3. The Balaban J connectivity index is 2.14. The van der Waals surface area contributed by atoms with E-state index in [-0.39, 0.29) is 17.7 Å². The lowest BCUT2D eigenvalue weighted by molar-refractivity contribution is -0.126.